The van der Waals surface area contributed by atoms with Crippen LogP contribution in [0.1, 0.15) is 31.7 Å². The van der Waals surface area contributed by atoms with Crippen LogP contribution in [0.3, 0.4) is 0 Å². The molecule has 1 aromatic heterocycles. The second-order valence-electron chi connectivity index (χ2n) is 4.59. The predicted molar refractivity (Wildman–Crippen MR) is 67.7 cm³/mol. The number of aromatic nitrogens is 1. The van der Waals surface area contributed by atoms with E-state index < -0.39 is 0 Å². The summed E-state index contributed by atoms with van der Waals surface area (Å²) >= 11 is 0. The van der Waals surface area contributed by atoms with Gasteiger partial charge in [-0.1, -0.05) is 0 Å². The molecule has 0 spiro atoms. The lowest BCUT2D eigenvalue weighted by Gasteiger charge is -2.34. The van der Waals surface area contributed by atoms with Crippen molar-refractivity contribution in [2.45, 2.75) is 38.8 Å². The topological polar surface area (TPSA) is 28.2 Å². The fourth-order valence-electron chi connectivity index (χ4n) is 2.37. The van der Waals surface area contributed by atoms with Gasteiger partial charge in [0, 0.05) is 25.3 Å². The number of anilines is 1. The highest BCUT2D eigenvalue weighted by Crippen LogP contribution is 2.23. The molecular weight excluding hydrogens is 198 g/mol. The van der Waals surface area contributed by atoms with Gasteiger partial charge in [0.05, 0.1) is 0 Å². The van der Waals surface area contributed by atoms with Gasteiger partial charge in [0.15, 0.2) is 0 Å². The third kappa shape index (κ3) is 2.53. The van der Waals surface area contributed by atoms with Gasteiger partial charge in [-0.3, -0.25) is 0 Å². The highest BCUT2D eigenvalue weighted by atomic mass is 15.2. The fourth-order valence-corrected chi connectivity index (χ4v) is 2.37. The molecule has 1 fully saturated rings. The van der Waals surface area contributed by atoms with E-state index in [0.717, 1.165) is 18.9 Å². The molecule has 0 radical (unpaired) electrons. The predicted octanol–water partition coefficient (Wildman–Crippen LogP) is 2.18. The van der Waals surface area contributed by atoms with Crippen LogP contribution in [-0.2, 0) is 6.54 Å². The average molecular weight is 219 g/mol. The largest absolute Gasteiger partial charge is 0.354 e. The maximum absolute atomic E-state index is 4.49. The number of nitrogens with one attached hydrogen (secondary N) is 1. The van der Waals surface area contributed by atoms with Crippen LogP contribution in [-0.4, -0.2) is 24.6 Å². The zero-order chi connectivity index (χ0) is 11.4. The zero-order valence-corrected chi connectivity index (χ0v) is 10.2. The molecule has 1 atom stereocenters. The molecule has 3 nitrogen and oxygen atoms in total. The first kappa shape index (κ1) is 11.4. The first-order valence-electron chi connectivity index (χ1n) is 6.17. The molecule has 1 aromatic rings. The highest BCUT2D eigenvalue weighted by Gasteiger charge is 2.19. The van der Waals surface area contributed by atoms with Crippen molar-refractivity contribution in [2.24, 2.45) is 0 Å². The minimum atomic E-state index is 0.631. The van der Waals surface area contributed by atoms with Crippen molar-refractivity contribution in [3.8, 4) is 0 Å². The Balaban J connectivity index is 2.15. The molecule has 0 aliphatic carbocycles. The number of nitrogens with zero attached hydrogens (tertiary/aromatic N) is 2. The van der Waals surface area contributed by atoms with E-state index in [1.807, 2.05) is 13.2 Å². The molecule has 1 N–H and O–H groups in total. The molecule has 0 aromatic carbocycles. The molecule has 1 saturated heterocycles. The van der Waals surface area contributed by atoms with Gasteiger partial charge >= 0.3 is 0 Å². The van der Waals surface area contributed by atoms with E-state index in [2.05, 4.69) is 34.3 Å². The molecule has 1 unspecified atom stereocenters. The van der Waals surface area contributed by atoms with Crippen LogP contribution < -0.4 is 10.2 Å². The van der Waals surface area contributed by atoms with Crippen LogP contribution in [0.4, 0.5) is 5.82 Å². The van der Waals surface area contributed by atoms with Gasteiger partial charge in [-0.05, 0) is 50.9 Å². The van der Waals surface area contributed by atoms with E-state index in [1.54, 1.807) is 0 Å². The van der Waals surface area contributed by atoms with Crippen LogP contribution in [0.2, 0.25) is 0 Å². The Morgan fingerprint density at radius 1 is 1.50 bits per heavy atom. The van der Waals surface area contributed by atoms with E-state index in [1.165, 1.54) is 24.8 Å². The summed E-state index contributed by atoms with van der Waals surface area (Å²) in [5, 5.41) is 3.18. The van der Waals surface area contributed by atoms with Gasteiger partial charge in [-0.2, -0.15) is 0 Å². The summed E-state index contributed by atoms with van der Waals surface area (Å²) in [6.45, 7) is 4.36. The van der Waals surface area contributed by atoms with Crippen LogP contribution in [0.15, 0.2) is 18.3 Å². The Bertz CT molecular complexity index is 338. The van der Waals surface area contributed by atoms with Crippen molar-refractivity contribution in [3.05, 3.63) is 23.9 Å². The molecule has 3 heteroatoms. The number of pyridine rings is 1. The number of hydrogen-bond acceptors (Lipinski definition) is 3. The standard InChI is InChI=1S/C13H21N3/c1-11-5-3-4-8-16(11)13-9-12(10-14-2)6-7-15-13/h6-7,9,11,14H,3-5,8,10H2,1-2H3. The lowest BCUT2D eigenvalue weighted by molar-refractivity contribution is 0.481. The Morgan fingerprint density at radius 2 is 2.38 bits per heavy atom. The molecule has 0 bridgehead atoms. The summed E-state index contributed by atoms with van der Waals surface area (Å²) in [6.07, 6.45) is 5.86. The summed E-state index contributed by atoms with van der Waals surface area (Å²) < 4.78 is 0. The van der Waals surface area contributed by atoms with Gasteiger partial charge < -0.3 is 10.2 Å². The van der Waals surface area contributed by atoms with Gasteiger partial charge in [-0.15, -0.1) is 0 Å². The van der Waals surface area contributed by atoms with Crippen molar-refractivity contribution in [1.82, 2.24) is 10.3 Å². The quantitative estimate of drug-likeness (QED) is 0.844. The van der Waals surface area contributed by atoms with Crippen LogP contribution in [0.5, 0.6) is 0 Å². The molecule has 2 heterocycles. The minimum Gasteiger partial charge on any atom is -0.354 e. The van der Waals surface area contributed by atoms with Crippen molar-refractivity contribution in [2.75, 3.05) is 18.5 Å². The molecule has 1 aliphatic heterocycles. The van der Waals surface area contributed by atoms with Crippen molar-refractivity contribution >= 4 is 5.82 Å². The Kier molecular flexibility index (Phi) is 3.78. The second-order valence-corrected chi connectivity index (χ2v) is 4.59. The number of piperidine rings is 1. The first-order chi connectivity index (χ1) is 7.81. The van der Waals surface area contributed by atoms with Crippen molar-refractivity contribution in [3.63, 3.8) is 0 Å². The van der Waals surface area contributed by atoms with Crippen LogP contribution in [0, 0.1) is 0 Å². The molecule has 0 amide bonds. The van der Waals surface area contributed by atoms with E-state index in [-0.39, 0.29) is 0 Å². The smallest absolute Gasteiger partial charge is 0.129 e. The fraction of sp³-hybridized carbons (Fsp3) is 0.615. The minimum absolute atomic E-state index is 0.631. The number of rotatable bonds is 3. The summed E-state index contributed by atoms with van der Waals surface area (Å²) in [7, 11) is 1.98. The van der Waals surface area contributed by atoms with Crippen molar-refractivity contribution in [1.29, 1.82) is 0 Å². The average Bonchev–Trinajstić information content (AvgIpc) is 2.30. The van der Waals surface area contributed by atoms with Gasteiger partial charge in [-0.25, -0.2) is 4.98 Å². The SMILES string of the molecule is CNCc1ccnc(N2CCCCC2C)c1. The van der Waals surface area contributed by atoms with E-state index >= 15 is 0 Å². The van der Waals surface area contributed by atoms with Gasteiger partial charge in [0.2, 0.25) is 0 Å². The number of hydrogen-bond donors (Lipinski definition) is 1. The van der Waals surface area contributed by atoms with Crippen LogP contribution in [0.25, 0.3) is 0 Å². The zero-order valence-electron chi connectivity index (χ0n) is 10.2. The van der Waals surface area contributed by atoms with E-state index in [9.17, 15) is 0 Å². The molecular formula is C13H21N3. The lowest BCUT2D eigenvalue weighted by atomic mass is 10.0. The van der Waals surface area contributed by atoms with Gasteiger partial charge in [0.1, 0.15) is 5.82 Å². The lowest BCUT2D eigenvalue weighted by Crippen LogP contribution is -2.38. The Morgan fingerprint density at radius 3 is 3.12 bits per heavy atom. The van der Waals surface area contributed by atoms with E-state index in [0.29, 0.717) is 6.04 Å². The molecule has 88 valence electrons. The Labute approximate surface area is 97.9 Å². The second kappa shape index (κ2) is 5.30. The third-order valence-electron chi connectivity index (χ3n) is 3.29. The summed E-state index contributed by atoms with van der Waals surface area (Å²) in [6, 6.07) is 4.92. The monoisotopic (exact) mass is 219 g/mol. The summed E-state index contributed by atoms with van der Waals surface area (Å²) in [4.78, 5) is 6.93. The third-order valence-corrected chi connectivity index (χ3v) is 3.29. The Hall–Kier alpha value is -1.09. The molecule has 16 heavy (non-hydrogen) atoms. The molecule has 2 rings (SSSR count). The summed E-state index contributed by atoms with van der Waals surface area (Å²) in [5.41, 5.74) is 1.31. The van der Waals surface area contributed by atoms with E-state index in [4.69, 9.17) is 0 Å². The highest BCUT2D eigenvalue weighted by molar-refractivity contribution is 5.42. The maximum atomic E-state index is 4.49. The molecule has 1 aliphatic rings. The first-order valence-corrected chi connectivity index (χ1v) is 6.17. The maximum Gasteiger partial charge on any atom is 0.129 e. The van der Waals surface area contributed by atoms with Crippen molar-refractivity contribution < 1.29 is 0 Å². The summed E-state index contributed by atoms with van der Waals surface area (Å²) in [5.74, 6) is 1.14. The normalized spacial score (nSPS) is 21.1. The van der Waals surface area contributed by atoms with Crippen LogP contribution >= 0.6 is 0 Å². The molecule has 0 saturated carbocycles. The van der Waals surface area contributed by atoms with Gasteiger partial charge in [0.25, 0.3) is 0 Å².